The van der Waals surface area contributed by atoms with Gasteiger partial charge in [-0.25, -0.2) is 4.79 Å². The van der Waals surface area contributed by atoms with Crippen LogP contribution in [0.2, 0.25) is 0 Å². The molecule has 1 rings (SSSR count). The van der Waals surface area contributed by atoms with Crippen LogP contribution in [0.25, 0.3) is 6.08 Å². The van der Waals surface area contributed by atoms with E-state index in [1.807, 2.05) is 24.3 Å². The molecule has 0 unspecified atom stereocenters. The number of carbonyl (C=O) groups is 1. The summed E-state index contributed by atoms with van der Waals surface area (Å²) < 4.78 is 0. The summed E-state index contributed by atoms with van der Waals surface area (Å²) in [6.45, 7) is 8.49. The summed E-state index contributed by atoms with van der Waals surface area (Å²) in [5, 5.41) is 8.55. The van der Waals surface area contributed by atoms with Crippen molar-refractivity contribution in [2.75, 3.05) is 6.54 Å². The van der Waals surface area contributed by atoms with Gasteiger partial charge in [-0.15, -0.1) is 0 Å². The molecule has 0 aliphatic heterocycles. The molecule has 0 amide bonds. The lowest BCUT2D eigenvalue weighted by Gasteiger charge is -2.24. The number of benzene rings is 1. The Morgan fingerprint density at radius 3 is 2.39 bits per heavy atom. The molecule has 0 spiro atoms. The molecule has 0 bridgehead atoms. The van der Waals surface area contributed by atoms with Gasteiger partial charge in [0.1, 0.15) is 0 Å². The Morgan fingerprint density at radius 1 is 1.33 bits per heavy atom. The van der Waals surface area contributed by atoms with Crippen molar-refractivity contribution in [3.8, 4) is 0 Å². The summed E-state index contributed by atoms with van der Waals surface area (Å²) in [5.41, 5.74) is 2.16. The third-order valence-corrected chi connectivity index (χ3v) is 2.92. The van der Waals surface area contributed by atoms with Crippen LogP contribution in [0.3, 0.4) is 0 Å². The fourth-order valence-corrected chi connectivity index (χ4v) is 1.80. The zero-order chi connectivity index (χ0) is 13.5. The molecule has 1 N–H and O–H groups in total. The van der Waals surface area contributed by atoms with Gasteiger partial charge in [0.25, 0.3) is 0 Å². The first kappa shape index (κ1) is 14.5. The monoisotopic (exact) mass is 247 g/mol. The van der Waals surface area contributed by atoms with Crippen LogP contribution in [0, 0.1) is 0 Å². The molecule has 0 saturated heterocycles. The maximum atomic E-state index is 10.4. The van der Waals surface area contributed by atoms with Crippen LogP contribution in [-0.2, 0) is 11.3 Å². The Labute approximate surface area is 109 Å². The van der Waals surface area contributed by atoms with Gasteiger partial charge >= 0.3 is 5.97 Å². The smallest absolute Gasteiger partial charge is 0.328 e. The molecule has 1 aromatic rings. The largest absolute Gasteiger partial charge is 0.478 e. The van der Waals surface area contributed by atoms with Crippen LogP contribution >= 0.6 is 0 Å². The fraction of sp³-hybridized carbons (Fsp3) is 0.400. The summed E-state index contributed by atoms with van der Waals surface area (Å²) in [4.78, 5) is 12.8. The number of hydrogen-bond donors (Lipinski definition) is 1. The standard InChI is InChI=1S/C15H21NO2/c1-4-16(12(2)3)11-14-7-5-13(6-8-14)9-10-15(17)18/h5-10,12H,4,11H2,1-3H3,(H,17,18). The van der Waals surface area contributed by atoms with Gasteiger partial charge < -0.3 is 5.11 Å². The minimum atomic E-state index is -0.920. The first-order valence-electron chi connectivity index (χ1n) is 6.27. The predicted molar refractivity (Wildman–Crippen MR) is 74.3 cm³/mol. The molecule has 0 aliphatic carbocycles. The zero-order valence-corrected chi connectivity index (χ0v) is 11.3. The summed E-state index contributed by atoms with van der Waals surface area (Å²) in [7, 11) is 0. The number of aliphatic carboxylic acids is 1. The lowest BCUT2D eigenvalue weighted by molar-refractivity contribution is -0.131. The maximum absolute atomic E-state index is 10.4. The molecule has 18 heavy (non-hydrogen) atoms. The second kappa shape index (κ2) is 6.97. The van der Waals surface area contributed by atoms with E-state index in [0.29, 0.717) is 6.04 Å². The highest BCUT2D eigenvalue weighted by Crippen LogP contribution is 2.10. The minimum absolute atomic E-state index is 0.529. The van der Waals surface area contributed by atoms with Crippen LogP contribution in [-0.4, -0.2) is 28.6 Å². The zero-order valence-electron chi connectivity index (χ0n) is 11.3. The van der Waals surface area contributed by atoms with Crippen molar-refractivity contribution >= 4 is 12.0 Å². The molecule has 0 aromatic heterocycles. The second-order valence-corrected chi connectivity index (χ2v) is 4.57. The summed E-state index contributed by atoms with van der Waals surface area (Å²) in [6.07, 6.45) is 2.76. The van der Waals surface area contributed by atoms with Crippen molar-refractivity contribution in [2.24, 2.45) is 0 Å². The second-order valence-electron chi connectivity index (χ2n) is 4.57. The summed E-state index contributed by atoms with van der Waals surface area (Å²) >= 11 is 0. The number of carboxylic acid groups (broad SMARTS) is 1. The highest BCUT2D eigenvalue weighted by molar-refractivity contribution is 5.85. The molecule has 0 fully saturated rings. The third kappa shape index (κ3) is 4.72. The van der Waals surface area contributed by atoms with E-state index in [1.54, 1.807) is 6.08 Å². The molecule has 0 atom stereocenters. The van der Waals surface area contributed by atoms with Crippen LogP contribution in [0.1, 0.15) is 31.9 Å². The van der Waals surface area contributed by atoms with Crippen LogP contribution in [0.5, 0.6) is 0 Å². The van der Waals surface area contributed by atoms with E-state index < -0.39 is 5.97 Å². The van der Waals surface area contributed by atoms with E-state index in [0.717, 1.165) is 24.7 Å². The molecule has 0 heterocycles. The van der Waals surface area contributed by atoms with Gasteiger partial charge in [0.05, 0.1) is 0 Å². The molecule has 0 saturated carbocycles. The van der Waals surface area contributed by atoms with E-state index in [-0.39, 0.29) is 0 Å². The quantitative estimate of drug-likeness (QED) is 0.786. The molecule has 98 valence electrons. The third-order valence-electron chi connectivity index (χ3n) is 2.92. The Hall–Kier alpha value is -1.61. The summed E-state index contributed by atoms with van der Waals surface area (Å²) in [6, 6.07) is 8.52. The molecule has 0 aliphatic rings. The van der Waals surface area contributed by atoms with Crippen LogP contribution < -0.4 is 0 Å². The normalized spacial score (nSPS) is 11.6. The maximum Gasteiger partial charge on any atom is 0.328 e. The Kier molecular flexibility index (Phi) is 5.59. The van der Waals surface area contributed by atoms with Gasteiger partial charge in [0.2, 0.25) is 0 Å². The molecular formula is C15H21NO2. The van der Waals surface area contributed by atoms with E-state index in [1.165, 1.54) is 5.56 Å². The predicted octanol–water partition coefficient (Wildman–Crippen LogP) is 3.01. The molecular weight excluding hydrogens is 226 g/mol. The van der Waals surface area contributed by atoms with Crippen molar-refractivity contribution in [3.05, 3.63) is 41.5 Å². The van der Waals surface area contributed by atoms with Crippen molar-refractivity contribution in [1.82, 2.24) is 4.90 Å². The Bertz CT molecular complexity index is 407. The number of hydrogen-bond acceptors (Lipinski definition) is 2. The van der Waals surface area contributed by atoms with Gasteiger partial charge in [0, 0.05) is 18.7 Å². The van der Waals surface area contributed by atoms with Gasteiger partial charge in [-0.3, -0.25) is 4.90 Å². The van der Waals surface area contributed by atoms with E-state index in [4.69, 9.17) is 5.11 Å². The Morgan fingerprint density at radius 2 is 1.94 bits per heavy atom. The highest BCUT2D eigenvalue weighted by atomic mass is 16.4. The fourth-order valence-electron chi connectivity index (χ4n) is 1.80. The van der Waals surface area contributed by atoms with Crippen molar-refractivity contribution < 1.29 is 9.90 Å². The average Bonchev–Trinajstić information content (AvgIpc) is 2.34. The van der Waals surface area contributed by atoms with E-state index in [9.17, 15) is 4.79 Å². The topological polar surface area (TPSA) is 40.5 Å². The lowest BCUT2D eigenvalue weighted by atomic mass is 10.1. The van der Waals surface area contributed by atoms with Crippen LogP contribution in [0.4, 0.5) is 0 Å². The molecule has 0 radical (unpaired) electrons. The molecule has 3 heteroatoms. The van der Waals surface area contributed by atoms with Gasteiger partial charge in [0.15, 0.2) is 0 Å². The number of carboxylic acids is 1. The van der Waals surface area contributed by atoms with Gasteiger partial charge in [-0.05, 0) is 37.6 Å². The van der Waals surface area contributed by atoms with Crippen molar-refractivity contribution in [1.29, 1.82) is 0 Å². The number of nitrogens with zero attached hydrogens (tertiary/aromatic N) is 1. The van der Waals surface area contributed by atoms with Gasteiger partial charge in [-0.2, -0.15) is 0 Å². The van der Waals surface area contributed by atoms with E-state index >= 15 is 0 Å². The van der Waals surface area contributed by atoms with E-state index in [2.05, 4.69) is 25.7 Å². The first-order valence-corrected chi connectivity index (χ1v) is 6.27. The van der Waals surface area contributed by atoms with Crippen LogP contribution in [0.15, 0.2) is 30.3 Å². The van der Waals surface area contributed by atoms with Crippen molar-refractivity contribution in [3.63, 3.8) is 0 Å². The van der Waals surface area contributed by atoms with Gasteiger partial charge in [-0.1, -0.05) is 31.2 Å². The SMILES string of the molecule is CCN(Cc1ccc(C=CC(=O)O)cc1)C(C)C. The number of rotatable bonds is 6. The molecule has 3 nitrogen and oxygen atoms in total. The first-order chi connectivity index (χ1) is 8.52. The summed E-state index contributed by atoms with van der Waals surface area (Å²) in [5.74, 6) is -0.920. The average molecular weight is 247 g/mol. The lowest BCUT2D eigenvalue weighted by Crippen LogP contribution is -2.29. The molecule has 1 aromatic carbocycles. The Balaban J connectivity index is 2.68. The van der Waals surface area contributed by atoms with Crippen molar-refractivity contribution in [2.45, 2.75) is 33.4 Å². The minimum Gasteiger partial charge on any atom is -0.478 e. The highest BCUT2D eigenvalue weighted by Gasteiger charge is 2.07.